The van der Waals surface area contributed by atoms with Gasteiger partial charge >= 0.3 is 0 Å². The Morgan fingerprint density at radius 1 is 1.38 bits per heavy atom. The van der Waals surface area contributed by atoms with Gasteiger partial charge < -0.3 is 0 Å². The van der Waals surface area contributed by atoms with E-state index in [1.807, 2.05) is 26.0 Å². The van der Waals surface area contributed by atoms with Gasteiger partial charge in [-0.1, -0.05) is 17.7 Å². The third-order valence-corrected chi connectivity index (χ3v) is 2.27. The molecule has 82 valence electrons. The summed E-state index contributed by atoms with van der Waals surface area (Å²) in [7, 11) is 0. The molecule has 2 aromatic rings. The van der Waals surface area contributed by atoms with Gasteiger partial charge in [-0.3, -0.25) is 10.1 Å². The maximum absolute atomic E-state index is 11.8. The maximum atomic E-state index is 11.8. The summed E-state index contributed by atoms with van der Waals surface area (Å²) in [6.07, 6.45) is 1.34. The Labute approximate surface area is 92.9 Å². The Morgan fingerprint density at radius 2 is 2.19 bits per heavy atom. The van der Waals surface area contributed by atoms with Crippen LogP contribution in [0.2, 0.25) is 0 Å². The highest BCUT2D eigenvalue weighted by Crippen LogP contribution is 2.11. The first kappa shape index (κ1) is 10.4. The van der Waals surface area contributed by atoms with Gasteiger partial charge in [0.05, 0.1) is 0 Å². The number of benzene rings is 1. The number of nitrogens with zero attached hydrogens (tertiary/aromatic N) is 2. The molecule has 5 heteroatoms. The number of aromatic amines is 1. The van der Waals surface area contributed by atoms with E-state index in [0.29, 0.717) is 11.5 Å². The number of nitrogens with one attached hydrogen (secondary N) is 2. The average Bonchev–Trinajstić information content (AvgIpc) is 2.70. The molecule has 16 heavy (non-hydrogen) atoms. The van der Waals surface area contributed by atoms with Crippen molar-refractivity contribution in [1.29, 1.82) is 0 Å². The normalized spacial score (nSPS) is 10.1. The fraction of sp³-hybridized carbons (Fsp3) is 0.182. The van der Waals surface area contributed by atoms with E-state index in [1.54, 1.807) is 6.07 Å². The van der Waals surface area contributed by atoms with Gasteiger partial charge in [0.25, 0.3) is 5.91 Å². The lowest BCUT2D eigenvalue weighted by molar-refractivity contribution is 0.102. The molecule has 0 radical (unpaired) electrons. The molecular weight excluding hydrogens is 204 g/mol. The number of anilines is 1. The zero-order chi connectivity index (χ0) is 11.5. The van der Waals surface area contributed by atoms with Crippen LogP contribution in [0.5, 0.6) is 0 Å². The topological polar surface area (TPSA) is 70.7 Å². The fourth-order valence-electron chi connectivity index (χ4n) is 1.51. The van der Waals surface area contributed by atoms with Crippen molar-refractivity contribution in [2.45, 2.75) is 13.8 Å². The van der Waals surface area contributed by atoms with E-state index in [9.17, 15) is 4.79 Å². The summed E-state index contributed by atoms with van der Waals surface area (Å²) in [6.45, 7) is 3.90. The minimum Gasteiger partial charge on any atom is -0.291 e. The first-order chi connectivity index (χ1) is 7.66. The predicted molar refractivity (Wildman–Crippen MR) is 60.3 cm³/mol. The van der Waals surface area contributed by atoms with Crippen LogP contribution >= 0.6 is 0 Å². The zero-order valence-electron chi connectivity index (χ0n) is 9.11. The Hall–Kier alpha value is -2.17. The van der Waals surface area contributed by atoms with E-state index in [1.165, 1.54) is 6.33 Å². The van der Waals surface area contributed by atoms with Crippen molar-refractivity contribution in [2.75, 3.05) is 5.32 Å². The molecule has 0 saturated carbocycles. The number of aromatic nitrogens is 3. The largest absolute Gasteiger partial charge is 0.291 e. The van der Waals surface area contributed by atoms with Crippen molar-refractivity contribution in [1.82, 2.24) is 15.2 Å². The third kappa shape index (κ3) is 2.08. The van der Waals surface area contributed by atoms with Gasteiger partial charge in [-0.25, -0.2) is 5.10 Å². The van der Waals surface area contributed by atoms with Crippen LogP contribution in [0.4, 0.5) is 5.95 Å². The van der Waals surface area contributed by atoms with Crippen molar-refractivity contribution in [3.8, 4) is 0 Å². The molecule has 0 unspecified atom stereocenters. The molecule has 0 aliphatic carbocycles. The SMILES string of the molecule is Cc1ccc(C(=O)Nc2ncn[nH]2)c(C)c1. The minimum atomic E-state index is -0.186. The van der Waals surface area contributed by atoms with Crippen LogP contribution < -0.4 is 5.32 Å². The molecule has 0 aliphatic rings. The Morgan fingerprint density at radius 3 is 2.81 bits per heavy atom. The van der Waals surface area contributed by atoms with Crippen molar-refractivity contribution in [3.05, 3.63) is 41.2 Å². The number of carbonyl (C=O) groups excluding carboxylic acids is 1. The number of rotatable bonds is 2. The Bertz CT molecular complexity index is 505. The van der Waals surface area contributed by atoms with Gasteiger partial charge in [-0.05, 0) is 25.5 Å². The highest BCUT2D eigenvalue weighted by molar-refractivity contribution is 6.04. The average molecular weight is 216 g/mol. The molecule has 5 nitrogen and oxygen atoms in total. The summed E-state index contributed by atoms with van der Waals surface area (Å²) in [4.78, 5) is 15.7. The lowest BCUT2D eigenvalue weighted by Crippen LogP contribution is -2.14. The van der Waals surface area contributed by atoms with Crippen molar-refractivity contribution >= 4 is 11.9 Å². The molecule has 1 aromatic heterocycles. The van der Waals surface area contributed by atoms with Crippen molar-refractivity contribution in [3.63, 3.8) is 0 Å². The van der Waals surface area contributed by atoms with Crippen molar-refractivity contribution < 1.29 is 4.79 Å². The summed E-state index contributed by atoms with van der Waals surface area (Å²) in [5.74, 6) is 0.166. The van der Waals surface area contributed by atoms with E-state index in [4.69, 9.17) is 0 Å². The van der Waals surface area contributed by atoms with Gasteiger partial charge in [0.2, 0.25) is 5.95 Å². The zero-order valence-corrected chi connectivity index (χ0v) is 9.11. The number of aryl methyl sites for hydroxylation is 2. The molecule has 0 fully saturated rings. The fourth-order valence-corrected chi connectivity index (χ4v) is 1.51. The molecule has 1 heterocycles. The molecule has 2 N–H and O–H groups in total. The highest BCUT2D eigenvalue weighted by atomic mass is 16.1. The van der Waals surface area contributed by atoms with E-state index in [2.05, 4.69) is 20.5 Å². The van der Waals surface area contributed by atoms with Crippen LogP contribution in [0.15, 0.2) is 24.5 Å². The molecule has 2 rings (SSSR count). The van der Waals surface area contributed by atoms with Crippen molar-refractivity contribution in [2.24, 2.45) is 0 Å². The van der Waals surface area contributed by atoms with E-state index < -0.39 is 0 Å². The van der Waals surface area contributed by atoms with E-state index >= 15 is 0 Å². The molecule has 1 aromatic carbocycles. The molecule has 0 spiro atoms. The van der Waals surface area contributed by atoms with Crippen LogP contribution in [-0.2, 0) is 0 Å². The van der Waals surface area contributed by atoms with Gasteiger partial charge in [-0.15, -0.1) is 0 Å². The van der Waals surface area contributed by atoms with Crippen LogP contribution in [0.1, 0.15) is 21.5 Å². The summed E-state index contributed by atoms with van der Waals surface area (Å²) < 4.78 is 0. The second kappa shape index (κ2) is 4.14. The molecule has 0 saturated heterocycles. The highest BCUT2D eigenvalue weighted by Gasteiger charge is 2.09. The first-order valence-electron chi connectivity index (χ1n) is 4.91. The van der Waals surface area contributed by atoms with Crippen LogP contribution in [0.3, 0.4) is 0 Å². The van der Waals surface area contributed by atoms with Gasteiger partial charge in [0.15, 0.2) is 0 Å². The molecule has 0 atom stereocenters. The lowest BCUT2D eigenvalue weighted by atomic mass is 10.1. The van der Waals surface area contributed by atoms with Gasteiger partial charge in [0.1, 0.15) is 6.33 Å². The summed E-state index contributed by atoms with van der Waals surface area (Å²) in [6, 6.07) is 5.67. The maximum Gasteiger partial charge on any atom is 0.258 e. The quantitative estimate of drug-likeness (QED) is 0.802. The summed E-state index contributed by atoms with van der Waals surface area (Å²) >= 11 is 0. The van der Waals surface area contributed by atoms with Gasteiger partial charge in [-0.2, -0.15) is 10.1 Å². The number of hydrogen-bond acceptors (Lipinski definition) is 3. The monoisotopic (exact) mass is 216 g/mol. The number of H-pyrrole nitrogens is 1. The molecular formula is C11H12N4O. The number of carbonyl (C=O) groups is 1. The second-order valence-corrected chi connectivity index (χ2v) is 3.61. The third-order valence-electron chi connectivity index (χ3n) is 2.27. The molecule has 0 aliphatic heterocycles. The summed E-state index contributed by atoms with van der Waals surface area (Å²) in [5.41, 5.74) is 2.72. The smallest absolute Gasteiger partial charge is 0.258 e. The lowest BCUT2D eigenvalue weighted by Gasteiger charge is -2.05. The Kier molecular flexibility index (Phi) is 2.68. The minimum absolute atomic E-state index is 0.186. The Balaban J connectivity index is 2.21. The predicted octanol–water partition coefficient (Wildman–Crippen LogP) is 1.67. The van der Waals surface area contributed by atoms with Gasteiger partial charge in [0, 0.05) is 5.56 Å². The molecule has 0 bridgehead atoms. The number of amides is 1. The standard InChI is InChI=1S/C11H12N4O/c1-7-3-4-9(8(2)5-7)10(16)14-11-12-6-13-15-11/h3-6H,1-2H3,(H2,12,13,14,15,16). The summed E-state index contributed by atoms with van der Waals surface area (Å²) in [5, 5.41) is 8.86. The molecule has 1 amide bonds. The van der Waals surface area contributed by atoms with E-state index in [-0.39, 0.29) is 5.91 Å². The first-order valence-corrected chi connectivity index (χ1v) is 4.91. The second-order valence-electron chi connectivity index (χ2n) is 3.61. The van der Waals surface area contributed by atoms with Crippen LogP contribution in [0.25, 0.3) is 0 Å². The van der Waals surface area contributed by atoms with Crippen LogP contribution in [-0.4, -0.2) is 21.1 Å². The van der Waals surface area contributed by atoms with Crippen LogP contribution in [0, 0.1) is 13.8 Å². The number of hydrogen-bond donors (Lipinski definition) is 2. The van der Waals surface area contributed by atoms with E-state index in [0.717, 1.165) is 11.1 Å².